The monoisotopic (exact) mass is 200 g/mol. The predicted molar refractivity (Wildman–Crippen MR) is 51.2 cm³/mol. The molecule has 1 aromatic rings. The van der Waals surface area contributed by atoms with Crippen molar-refractivity contribution in [2.24, 2.45) is 0 Å². The van der Waals surface area contributed by atoms with Gasteiger partial charge in [0, 0.05) is 0 Å². The lowest BCUT2D eigenvalue weighted by Gasteiger charge is -2.05. The molecule has 0 fully saturated rings. The Morgan fingerprint density at radius 1 is 1.77 bits per heavy atom. The molecular formula is C9H14NO2S+. The van der Waals surface area contributed by atoms with Crippen molar-refractivity contribution in [1.82, 2.24) is 0 Å². The molecule has 1 aromatic heterocycles. The molecule has 3 N–H and O–H groups in total. The lowest BCUT2D eigenvalue weighted by molar-refractivity contribution is -0.424. The third-order valence-electron chi connectivity index (χ3n) is 1.66. The van der Waals surface area contributed by atoms with E-state index in [4.69, 9.17) is 4.74 Å². The number of hydrogen-bond acceptors (Lipinski definition) is 3. The van der Waals surface area contributed by atoms with Crippen molar-refractivity contribution < 1.29 is 15.3 Å². The molecule has 0 radical (unpaired) electrons. The average Bonchev–Trinajstić information content (AvgIpc) is 2.55. The standard InChI is InChI=1S/C9H13NO2S/c1-2-12-9(11)6-7(10)8-4-3-5-13-8/h3-5,7H,2,6,10H2,1H3/p+1. The highest BCUT2D eigenvalue weighted by atomic mass is 32.1. The summed E-state index contributed by atoms with van der Waals surface area (Å²) in [4.78, 5) is 12.2. The van der Waals surface area contributed by atoms with Crippen molar-refractivity contribution in [1.29, 1.82) is 0 Å². The van der Waals surface area contributed by atoms with Crippen molar-refractivity contribution in [2.45, 2.75) is 19.4 Å². The summed E-state index contributed by atoms with van der Waals surface area (Å²) in [5.41, 5.74) is 3.91. The second-order valence-corrected chi connectivity index (χ2v) is 3.70. The number of esters is 1. The van der Waals surface area contributed by atoms with Gasteiger partial charge in [0.25, 0.3) is 0 Å². The van der Waals surface area contributed by atoms with Gasteiger partial charge in [0.2, 0.25) is 0 Å². The minimum absolute atomic E-state index is 0.0269. The van der Waals surface area contributed by atoms with Crippen LogP contribution in [0, 0.1) is 0 Å². The molecule has 4 heteroatoms. The van der Waals surface area contributed by atoms with Crippen molar-refractivity contribution >= 4 is 17.3 Å². The molecule has 1 atom stereocenters. The van der Waals surface area contributed by atoms with Gasteiger partial charge in [-0.25, -0.2) is 0 Å². The maximum atomic E-state index is 11.1. The molecule has 13 heavy (non-hydrogen) atoms. The van der Waals surface area contributed by atoms with Crippen molar-refractivity contribution in [2.75, 3.05) is 6.61 Å². The van der Waals surface area contributed by atoms with Crippen LogP contribution in [0.25, 0.3) is 0 Å². The van der Waals surface area contributed by atoms with Crippen LogP contribution in [0.15, 0.2) is 17.5 Å². The molecule has 0 aliphatic rings. The zero-order valence-corrected chi connectivity index (χ0v) is 8.47. The maximum absolute atomic E-state index is 11.1. The Labute approximate surface area is 81.5 Å². The van der Waals surface area contributed by atoms with E-state index in [-0.39, 0.29) is 12.0 Å². The van der Waals surface area contributed by atoms with Crippen LogP contribution in [0.2, 0.25) is 0 Å². The molecule has 0 amide bonds. The topological polar surface area (TPSA) is 53.9 Å². The molecule has 0 aliphatic heterocycles. The lowest BCUT2D eigenvalue weighted by Crippen LogP contribution is -2.54. The zero-order valence-electron chi connectivity index (χ0n) is 7.66. The fourth-order valence-corrected chi connectivity index (χ4v) is 1.79. The smallest absolute Gasteiger partial charge is 0.312 e. The van der Waals surface area contributed by atoms with Crippen LogP contribution in [-0.2, 0) is 9.53 Å². The Morgan fingerprint density at radius 2 is 2.54 bits per heavy atom. The SMILES string of the molecule is CCOC(=O)CC([NH3+])c1cccs1. The Kier molecular flexibility index (Phi) is 3.92. The highest BCUT2D eigenvalue weighted by Crippen LogP contribution is 2.18. The Balaban J connectivity index is 2.42. The third-order valence-corrected chi connectivity index (χ3v) is 2.70. The third kappa shape index (κ3) is 3.16. The van der Waals surface area contributed by atoms with Gasteiger partial charge in [-0.1, -0.05) is 6.07 Å². The fourth-order valence-electron chi connectivity index (χ4n) is 1.05. The molecule has 0 aliphatic carbocycles. The first-order valence-electron chi connectivity index (χ1n) is 4.26. The molecule has 72 valence electrons. The average molecular weight is 200 g/mol. The van der Waals surface area contributed by atoms with Gasteiger partial charge in [0.05, 0.1) is 11.5 Å². The van der Waals surface area contributed by atoms with Gasteiger partial charge in [-0.2, -0.15) is 0 Å². The quantitative estimate of drug-likeness (QED) is 0.737. The van der Waals surface area contributed by atoms with Gasteiger partial charge in [0.15, 0.2) is 0 Å². The van der Waals surface area contributed by atoms with Crippen molar-refractivity contribution in [3.05, 3.63) is 22.4 Å². The van der Waals surface area contributed by atoms with E-state index < -0.39 is 0 Å². The van der Waals surface area contributed by atoms with E-state index in [9.17, 15) is 4.79 Å². The highest BCUT2D eigenvalue weighted by Gasteiger charge is 2.15. The summed E-state index contributed by atoms with van der Waals surface area (Å²) in [6.07, 6.45) is 0.369. The first-order chi connectivity index (χ1) is 6.24. The van der Waals surface area contributed by atoms with Gasteiger partial charge in [0.1, 0.15) is 12.5 Å². The number of hydrogen-bond donors (Lipinski definition) is 1. The molecule has 0 saturated heterocycles. The number of quaternary nitrogens is 1. The van der Waals surface area contributed by atoms with Crippen LogP contribution in [0.3, 0.4) is 0 Å². The van der Waals surface area contributed by atoms with Crippen LogP contribution in [0.4, 0.5) is 0 Å². The lowest BCUT2D eigenvalue weighted by atomic mass is 10.2. The summed E-state index contributed by atoms with van der Waals surface area (Å²) >= 11 is 1.62. The van der Waals surface area contributed by atoms with Crippen LogP contribution in [-0.4, -0.2) is 12.6 Å². The van der Waals surface area contributed by atoms with E-state index in [1.54, 1.807) is 18.3 Å². The van der Waals surface area contributed by atoms with Crippen molar-refractivity contribution in [3.63, 3.8) is 0 Å². The Bertz CT molecular complexity index is 259. The minimum Gasteiger partial charge on any atom is -0.466 e. The minimum atomic E-state index is -0.170. The van der Waals surface area contributed by atoms with Crippen molar-refractivity contribution in [3.8, 4) is 0 Å². The number of ether oxygens (including phenoxy) is 1. The number of carbonyl (C=O) groups is 1. The molecule has 0 spiro atoms. The molecular weight excluding hydrogens is 186 g/mol. The van der Waals surface area contributed by atoms with E-state index in [2.05, 4.69) is 5.73 Å². The first-order valence-corrected chi connectivity index (χ1v) is 5.14. The van der Waals surface area contributed by atoms with Crippen LogP contribution in [0.5, 0.6) is 0 Å². The molecule has 1 rings (SSSR count). The summed E-state index contributed by atoms with van der Waals surface area (Å²) in [5, 5.41) is 1.98. The van der Waals surface area contributed by atoms with E-state index in [1.807, 2.05) is 17.5 Å². The summed E-state index contributed by atoms with van der Waals surface area (Å²) in [7, 11) is 0. The molecule has 3 nitrogen and oxygen atoms in total. The van der Waals surface area contributed by atoms with Crippen LogP contribution >= 0.6 is 11.3 Å². The fraction of sp³-hybridized carbons (Fsp3) is 0.444. The van der Waals surface area contributed by atoms with E-state index in [0.717, 1.165) is 4.88 Å². The van der Waals surface area contributed by atoms with E-state index in [0.29, 0.717) is 13.0 Å². The highest BCUT2D eigenvalue weighted by molar-refractivity contribution is 7.10. The largest absolute Gasteiger partial charge is 0.466 e. The molecule has 0 aromatic carbocycles. The predicted octanol–water partition coefficient (Wildman–Crippen LogP) is 0.984. The van der Waals surface area contributed by atoms with Gasteiger partial charge in [-0.05, 0) is 18.4 Å². The zero-order chi connectivity index (χ0) is 9.68. The Morgan fingerprint density at radius 3 is 3.08 bits per heavy atom. The van der Waals surface area contributed by atoms with E-state index >= 15 is 0 Å². The molecule has 1 unspecified atom stereocenters. The van der Waals surface area contributed by atoms with Gasteiger partial charge < -0.3 is 10.5 Å². The van der Waals surface area contributed by atoms with Gasteiger partial charge in [-0.3, -0.25) is 4.79 Å². The summed E-state index contributed by atoms with van der Waals surface area (Å²) in [6, 6.07) is 3.98. The molecule has 0 saturated carbocycles. The van der Waals surface area contributed by atoms with E-state index in [1.165, 1.54) is 0 Å². The number of rotatable bonds is 4. The molecule has 1 heterocycles. The van der Waals surface area contributed by atoms with Crippen LogP contribution in [0.1, 0.15) is 24.3 Å². The number of carbonyl (C=O) groups excluding carboxylic acids is 1. The Hall–Kier alpha value is -0.870. The summed E-state index contributed by atoms with van der Waals surface area (Å²) in [5.74, 6) is -0.170. The van der Waals surface area contributed by atoms with Gasteiger partial charge >= 0.3 is 5.97 Å². The maximum Gasteiger partial charge on any atom is 0.312 e. The molecule has 0 bridgehead atoms. The second-order valence-electron chi connectivity index (χ2n) is 2.72. The normalized spacial score (nSPS) is 12.5. The number of thiophene rings is 1. The summed E-state index contributed by atoms with van der Waals surface area (Å²) < 4.78 is 4.84. The first kappa shape index (κ1) is 10.2. The summed E-state index contributed by atoms with van der Waals surface area (Å²) in [6.45, 7) is 2.25. The second kappa shape index (κ2) is 4.99. The van der Waals surface area contributed by atoms with Crippen LogP contribution < -0.4 is 5.73 Å². The van der Waals surface area contributed by atoms with Gasteiger partial charge in [-0.15, -0.1) is 11.3 Å².